The Bertz CT molecular complexity index is 695. The quantitative estimate of drug-likeness (QED) is 0.241. The standard InChI is InChI=1S/C22H37N3O4/c1-9-11-15(3)18(24-21(28)29-22(5,6)7)14-13-16(4)19(25-23-8)17(12-10-2)20(26)27/h11,13-14,23,25H,9-10,12H2,1-8H3,(H,24,28)(H,26,27)/b15-11+,16-13+,18-14+,19-17+. The number of hydrazine groups is 1. The maximum atomic E-state index is 12.2. The van der Waals surface area contributed by atoms with Gasteiger partial charge in [0, 0.05) is 12.7 Å². The molecule has 0 radical (unpaired) electrons. The predicted molar refractivity (Wildman–Crippen MR) is 117 cm³/mol. The molecular weight excluding hydrogens is 370 g/mol. The van der Waals surface area contributed by atoms with Crippen molar-refractivity contribution >= 4 is 12.1 Å². The predicted octanol–water partition coefficient (Wildman–Crippen LogP) is 4.56. The lowest BCUT2D eigenvalue weighted by Gasteiger charge is -2.20. The van der Waals surface area contributed by atoms with Gasteiger partial charge in [0.1, 0.15) is 5.60 Å². The molecule has 4 N–H and O–H groups in total. The first-order valence-electron chi connectivity index (χ1n) is 9.92. The minimum absolute atomic E-state index is 0.298. The Morgan fingerprint density at radius 2 is 1.69 bits per heavy atom. The fraction of sp³-hybridized carbons (Fsp3) is 0.545. The van der Waals surface area contributed by atoms with Crippen LogP contribution in [0.5, 0.6) is 0 Å². The van der Waals surface area contributed by atoms with Crippen LogP contribution in [0.15, 0.2) is 46.3 Å². The van der Waals surface area contributed by atoms with E-state index in [0.29, 0.717) is 29.8 Å². The van der Waals surface area contributed by atoms with Crippen LogP contribution in [0, 0.1) is 0 Å². The van der Waals surface area contributed by atoms with E-state index in [1.165, 1.54) is 0 Å². The Morgan fingerprint density at radius 3 is 2.14 bits per heavy atom. The van der Waals surface area contributed by atoms with E-state index in [2.05, 4.69) is 16.2 Å². The highest BCUT2D eigenvalue weighted by Gasteiger charge is 2.18. The van der Waals surface area contributed by atoms with Gasteiger partial charge in [-0.1, -0.05) is 32.4 Å². The molecule has 0 aliphatic rings. The summed E-state index contributed by atoms with van der Waals surface area (Å²) in [6.45, 7) is 13.1. The molecule has 0 unspecified atom stereocenters. The summed E-state index contributed by atoms with van der Waals surface area (Å²) in [5.41, 5.74) is 8.12. The van der Waals surface area contributed by atoms with Gasteiger partial charge < -0.3 is 15.3 Å². The molecule has 0 aromatic heterocycles. The molecule has 0 aromatic rings. The normalized spacial score (nSPS) is 14.3. The number of hydrogen-bond acceptors (Lipinski definition) is 5. The van der Waals surface area contributed by atoms with Crippen molar-refractivity contribution in [3.05, 3.63) is 46.3 Å². The number of carbonyl (C=O) groups excluding carboxylic acids is 1. The zero-order valence-corrected chi connectivity index (χ0v) is 19.0. The Morgan fingerprint density at radius 1 is 1.07 bits per heavy atom. The largest absolute Gasteiger partial charge is 0.478 e. The number of nitrogens with one attached hydrogen (secondary N) is 3. The number of allylic oxidation sites excluding steroid dienone is 5. The van der Waals surface area contributed by atoms with E-state index >= 15 is 0 Å². The molecule has 7 nitrogen and oxygen atoms in total. The Labute approximate surface area is 174 Å². The summed E-state index contributed by atoms with van der Waals surface area (Å²) in [5.74, 6) is -0.963. The molecule has 0 rings (SSSR count). The van der Waals surface area contributed by atoms with Gasteiger partial charge in [-0.25, -0.2) is 15.0 Å². The van der Waals surface area contributed by atoms with Crippen molar-refractivity contribution in [2.24, 2.45) is 0 Å². The van der Waals surface area contributed by atoms with Crippen LogP contribution >= 0.6 is 0 Å². The third-order valence-corrected chi connectivity index (χ3v) is 3.78. The lowest BCUT2D eigenvalue weighted by atomic mass is 10.0. The highest BCUT2D eigenvalue weighted by Crippen LogP contribution is 2.18. The molecule has 0 fully saturated rings. The lowest BCUT2D eigenvalue weighted by Crippen LogP contribution is -2.32. The third kappa shape index (κ3) is 10.5. The molecule has 29 heavy (non-hydrogen) atoms. The van der Waals surface area contributed by atoms with Gasteiger partial charge >= 0.3 is 12.1 Å². The molecular formula is C22H37N3O4. The molecule has 0 aliphatic carbocycles. The van der Waals surface area contributed by atoms with Crippen LogP contribution in [-0.4, -0.2) is 29.8 Å². The van der Waals surface area contributed by atoms with Crippen LogP contribution < -0.4 is 16.2 Å². The average molecular weight is 408 g/mol. The van der Waals surface area contributed by atoms with E-state index in [1.807, 2.05) is 33.8 Å². The molecule has 1 amide bonds. The number of aliphatic carboxylic acids is 1. The topological polar surface area (TPSA) is 99.7 Å². The lowest BCUT2D eigenvalue weighted by molar-refractivity contribution is -0.132. The van der Waals surface area contributed by atoms with E-state index in [0.717, 1.165) is 17.6 Å². The molecule has 7 heteroatoms. The van der Waals surface area contributed by atoms with Crippen LogP contribution in [0.3, 0.4) is 0 Å². The SMILES string of the molecule is CC/C=C(C)/C(=C\C=C(C)\C(NNC)=C(\CCC)C(=O)O)NC(=O)OC(C)(C)C. The van der Waals surface area contributed by atoms with Gasteiger partial charge in [0.2, 0.25) is 0 Å². The highest BCUT2D eigenvalue weighted by molar-refractivity contribution is 5.88. The first kappa shape index (κ1) is 26.5. The summed E-state index contributed by atoms with van der Waals surface area (Å²) in [4.78, 5) is 23.9. The van der Waals surface area contributed by atoms with Crippen LogP contribution in [0.4, 0.5) is 4.79 Å². The van der Waals surface area contributed by atoms with E-state index in [-0.39, 0.29) is 0 Å². The van der Waals surface area contributed by atoms with Crippen LogP contribution in [-0.2, 0) is 9.53 Å². The number of carbonyl (C=O) groups is 2. The van der Waals surface area contributed by atoms with Gasteiger partial charge in [-0.05, 0) is 64.7 Å². The number of rotatable bonds is 10. The van der Waals surface area contributed by atoms with Crippen molar-refractivity contribution < 1.29 is 19.4 Å². The van der Waals surface area contributed by atoms with Gasteiger partial charge in [0.25, 0.3) is 0 Å². The second-order valence-electron chi connectivity index (χ2n) is 7.64. The first-order chi connectivity index (χ1) is 13.5. The van der Waals surface area contributed by atoms with E-state index in [1.54, 1.807) is 40.0 Å². The number of hydrogen-bond donors (Lipinski definition) is 4. The Hall–Kier alpha value is -2.54. The van der Waals surface area contributed by atoms with Crippen molar-refractivity contribution in [2.75, 3.05) is 7.05 Å². The molecule has 0 bridgehead atoms. The third-order valence-electron chi connectivity index (χ3n) is 3.78. The fourth-order valence-electron chi connectivity index (χ4n) is 2.52. The zero-order chi connectivity index (χ0) is 22.6. The molecule has 0 spiro atoms. The second kappa shape index (κ2) is 12.8. The highest BCUT2D eigenvalue weighted by atomic mass is 16.6. The van der Waals surface area contributed by atoms with Crippen molar-refractivity contribution in [2.45, 2.75) is 73.3 Å². The number of carboxylic acid groups (broad SMARTS) is 1. The minimum Gasteiger partial charge on any atom is -0.478 e. The smallest absolute Gasteiger partial charge is 0.412 e. The number of amides is 1. The summed E-state index contributed by atoms with van der Waals surface area (Å²) in [7, 11) is 1.68. The summed E-state index contributed by atoms with van der Waals surface area (Å²) in [6, 6.07) is 0. The minimum atomic E-state index is -0.963. The summed E-state index contributed by atoms with van der Waals surface area (Å²) in [6.07, 6.45) is 6.94. The number of ether oxygens (including phenoxy) is 1. The molecule has 164 valence electrons. The monoisotopic (exact) mass is 407 g/mol. The Balaban J connectivity index is 6.05. The summed E-state index contributed by atoms with van der Waals surface area (Å²) >= 11 is 0. The van der Waals surface area contributed by atoms with Crippen molar-refractivity contribution in [1.29, 1.82) is 0 Å². The Kier molecular flexibility index (Phi) is 11.7. The van der Waals surface area contributed by atoms with Gasteiger partial charge in [0.15, 0.2) is 0 Å². The van der Waals surface area contributed by atoms with E-state index in [9.17, 15) is 14.7 Å². The average Bonchev–Trinajstić information content (AvgIpc) is 2.59. The van der Waals surface area contributed by atoms with Gasteiger partial charge in [-0.2, -0.15) is 0 Å². The maximum absolute atomic E-state index is 12.2. The van der Waals surface area contributed by atoms with E-state index < -0.39 is 17.7 Å². The number of carboxylic acids is 1. The molecule has 0 aliphatic heterocycles. The van der Waals surface area contributed by atoms with Crippen molar-refractivity contribution in [3.63, 3.8) is 0 Å². The van der Waals surface area contributed by atoms with Gasteiger partial charge in [0.05, 0.1) is 11.3 Å². The molecule has 0 aromatic carbocycles. The van der Waals surface area contributed by atoms with Crippen LogP contribution in [0.25, 0.3) is 0 Å². The first-order valence-corrected chi connectivity index (χ1v) is 9.92. The number of alkyl carbamates (subject to hydrolysis) is 1. The van der Waals surface area contributed by atoms with Gasteiger partial charge in [-0.3, -0.25) is 5.32 Å². The maximum Gasteiger partial charge on any atom is 0.412 e. The van der Waals surface area contributed by atoms with Crippen molar-refractivity contribution in [1.82, 2.24) is 16.2 Å². The molecule has 0 atom stereocenters. The van der Waals surface area contributed by atoms with Crippen LogP contribution in [0.2, 0.25) is 0 Å². The molecule has 0 heterocycles. The molecule has 0 saturated carbocycles. The summed E-state index contributed by atoms with van der Waals surface area (Å²) < 4.78 is 5.34. The molecule has 0 saturated heterocycles. The second-order valence-corrected chi connectivity index (χ2v) is 7.64. The van der Waals surface area contributed by atoms with E-state index in [4.69, 9.17) is 4.74 Å². The van der Waals surface area contributed by atoms with Crippen LogP contribution in [0.1, 0.15) is 67.7 Å². The summed E-state index contributed by atoms with van der Waals surface area (Å²) in [5, 5.41) is 12.3. The van der Waals surface area contributed by atoms with Crippen molar-refractivity contribution in [3.8, 4) is 0 Å². The fourth-order valence-corrected chi connectivity index (χ4v) is 2.52. The van der Waals surface area contributed by atoms with Gasteiger partial charge in [-0.15, -0.1) is 0 Å². The zero-order valence-electron chi connectivity index (χ0n) is 19.0.